The van der Waals surface area contributed by atoms with Crippen molar-refractivity contribution in [2.45, 2.75) is 12.8 Å². The fourth-order valence-electron chi connectivity index (χ4n) is 2.83. The van der Waals surface area contributed by atoms with Crippen molar-refractivity contribution in [3.8, 4) is 0 Å². The standard InChI is InChI=1S/C21H20O6/c1-26-19(24)21(20(25)27-2,13-17(22)15-9-5-3-6-10-15)14-18(23)16-11-7-4-8-12-16/h3-12H,13-14H2,1-2H3. The highest BCUT2D eigenvalue weighted by molar-refractivity contribution is 6.11. The topological polar surface area (TPSA) is 86.7 Å². The summed E-state index contributed by atoms with van der Waals surface area (Å²) >= 11 is 0. The van der Waals surface area contributed by atoms with Crippen LogP contribution in [-0.2, 0) is 19.1 Å². The molecule has 0 amide bonds. The van der Waals surface area contributed by atoms with E-state index in [2.05, 4.69) is 0 Å². The van der Waals surface area contributed by atoms with Crippen LogP contribution >= 0.6 is 0 Å². The third kappa shape index (κ3) is 4.47. The van der Waals surface area contributed by atoms with Gasteiger partial charge in [0.15, 0.2) is 17.0 Å². The normalized spacial score (nSPS) is 10.7. The van der Waals surface area contributed by atoms with Gasteiger partial charge in [0.05, 0.1) is 14.2 Å². The predicted octanol–water partition coefficient (Wildman–Crippen LogP) is 2.86. The van der Waals surface area contributed by atoms with Crippen LogP contribution in [0.3, 0.4) is 0 Å². The van der Waals surface area contributed by atoms with Gasteiger partial charge in [-0.1, -0.05) is 60.7 Å². The first kappa shape index (κ1) is 20.0. The molecule has 0 spiro atoms. The van der Waals surface area contributed by atoms with Crippen LogP contribution in [0.15, 0.2) is 60.7 Å². The molecule has 2 rings (SSSR count). The number of rotatable bonds is 8. The van der Waals surface area contributed by atoms with Gasteiger partial charge in [0, 0.05) is 24.0 Å². The highest BCUT2D eigenvalue weighted by Gasteiger charge is 2.51. The molecule has 0 aromatic heterocycles. The third-order valence-electron chi connectivity index (χ3n) is 4.27. The van der Waals surface area contributed by atoms with Crippen molar-refractivity contribution in [2.24, 2.45) is 5.41 Å². The Bertz CT molecular complexity index is 755. The molecule has 6 nitrogen and oxygen atoms in total. The highest BCUT2D eigenvalue weighted by atomic mass is 16.5. The van der Waals surface area contributed by atoms with Crippen LogP contribution in [0.25, 0.3) is 0 Å². The zero-order chi connectivity index (χ0) is 19.9. The minimum absolute atomic E-state index is 0.321. The van der Waals surface area contributed by atoms with Gasteiger partial charge in [-0.3, -0.25) is 19.2 Å². The minimum Gasteiger partial charge on any atom is -0.468 e. The lowest BCUT2D eigenvalue weighted by molar-refractivity contribution is -0.168. The number of esters is 2. The number of ether oxygens (including phenoxy) is 2. The second-order valence-electron chi connectivity index (χ2n) is 6.00. The third-order valence-corrected chi connectivity index (χ3v) is 4.27. The Labute approximate surface area is 157 Å². The molecule has 0 aliphatic carbocycles. The summed E-state index contributed by atoms with van der Waals surface area (Å²) in [5.74, 6) is -2.90. The molecule has 0 bridgehead atoms. The summed E-state index contributed by atoms with van der Waals surface area (Å²) < 4.78 is 9.54. The smallest absolute Gasteiger partial charge is 0.324 e. The summed E-state index contributed by atoms with van der Waals surface area (Å²) in [4.78, 5) is 50.5. The van der Waals surface area contributed by atoms with Gasteiger partial charge >= 0.3 is 11.9 Å². The van der Waals surface area contributed by atoms with Gasteiger partial charge in [-0.05, 0) is 0 Å². The molecule has 0 N–H and O–H groups in total. The summed E-state index contributed by atoms with van der Waals surface area (Å²) in [7, 11) is 2.19. The first-order chi connectivity index (χ1) is 12.9. The second-order valence-corrected chi connectivity index (χ2v) is 6.00. The Morgan fingerprint density at radius 2 is 1.00 bits per heavy atom. The summed E-state index contributed by atoms with van der Waals surface area (Å²) in [6.07, 6.45) is -1.07. The summed E-state index contributed by atoms with van der Waals surface area (Å²) in [6, 6.07) is 16.4. The van der Waals surface area contributed by atoms with Crippen LogP contribution in [0.2, 0.25) is 0 Å². The lowest BCUT2D eigenvalue weighted by atomic mass is 9.76. The molecule has 6 heteroatoms. The van der Waals surface area contributed by atoms with Crippen molar-refractivity contribution in [1.82, 2.24) is 0 Å². The van der Waals surface area contributed by atoms with Gasteiger partial charge in [0.2, 0.25) is 0 Å². The van der Waals surface area contributed by atoms with E-state index in [1.165, 1.54) is 0 Å². The summed E-state index contributed by atoms with van der Waals surface area (Å²) in [5, 5.41) is 0. The van der Waals surface area contributed by atoms with Gasteiger partial charge < -0.3 is 9.47 Å². The van der Waals surface area contributed by atoms with Crippen LogP contribution in [0, 0.1) is 5.41 Å². The molecular weight excluding hydrogens is 348 g/mol. The van der Waals surface area contributed by atoms with Gasteiger partial charge in [-0.15, -0.1) is 0 Å². The Morgan fingerprint density at radius 1 is 0.667 bits per heavy atom. The van der Waals surface area contributed by atoms with Crippen LogP contribution in [0.5, 0.6) is 0 Å². The molecule has 0 fully saturated rings. The molecule has 0 unspecified atom stereocenters. The number of carbonyl (C=O) groups is 4. The largest absolute Gasteiger partial charge is 0.468 e. The number of methoxy groups -OCH3 is 2. The molecule has 0 heterocycles. The number of benzene rings is 2. The maximum Gasteiger partial charge on any atom is 0.324 e. The quantitative estimate of drug-likeness (QED) is 0.405. The molecule has 2 aromatic carbocycles. The van der Waals surface area contributed by atoms with Gasteiger partial charge in [-0.25, -0.2) is 0 Å². The number of hydrogen-bond acceptors (Lipinski definition) is 6. The maximum absolute atomic E-state index is 12.7. The molecule has 0 radical (unpaired) electrons. The Kier molecular flexibility index (Phi) is 6.60. The Morgan fingerprint density at radius 3 is 1.30 bits per heavy atom. The van der Waals surface area contributed by atoms with Gasteiger partial charge in [0.25, 0.3) is 0 Å². The fraction of sp³-hybridized carbons (Fsp3) is 0.238. The molecule has 0 aliphatic heterocycles. The summed E-state index contributed by atoms with van der Waals surface area (Å²) in [5.41, 5.74) is -1.41. The monoisotopic (exact) mass is 368 g/mol. The van der Waals surface area contributed by atoms with E-state index in [9.17, 15) is 19.2 Å². The first-order valence-electron chi connectivity index (χ1n) is 8.28. The van der Waals surface area contributed by atoms with E-state index in [1.807, 2.05) is 0 Å². The number of ketones is 2. The van der Waals surface area contributed by atoms with Crippen molar-refractivity contribution < 1.29 is 28.7 Å². The van der Waals surface area contributed by atoms with Gasteiger partial charge in [-0.2, -0.15) is 0 Å². The number of Topliss-reactive ketones (excluding diaryl/α,β-unsaturated/α-hetero) is 2. The van der Waals surface area contributed by atoms with Crippen LogP contribution < -0.4 is 0 Å². The molecule has 0 saturated carbocycles. The second kappa shape index (κ2) is 8.89. The maximum atomic E-state index is 12.7. The average molecular weight is 368 g/mol. The van der Waals surface area contributed by atoms with E-state index < -0.39 is 41.8 Å². The Hall–Kier alpha value is -3.28. The van der Waals surface area contributed by atoms with Crippen LogP contribution in [0.1, 0.15) is 33.6 Å². The molecule has 140 valence electrons. The molecular formula is C21H20O6. The zero-order valence-electron chi connectivity index (χ0n) is 15.1. The van der Waals surface area contributed by atoms with Crippen molar-refractivity contribution >= 4 is 23.5 Å². The van der Waals surface area contributed by atoms with E-state index in [0.717, 1.165) is 14.2 Å². The van der Waals surface area contributed by atoms with Gasteiger partial charge in [0.1, 0.15) is 0 Å². The van der Waals surface area contributed by atoms with E-state index in [0.29, 0.717) is 11.1 Å². The lowest BCUT2D eigenvalue weighted by Gasteiger charge is -2.27. The Balaban J connectivity index is 2.43. The van der Waals surface area contributed by atoms with E-state index >= 15 is 0 Å². The van der Waals surface area contributed by atoms with Crippen molar-refractivity contribution in [2.75, 3.05) is 14.2 Å². The van der Waals surface area contributed by atoms with Crippen LogP contribution in [0.4, 0.5) is 0 Å². The summed E-state index contributed by atoms with van der Waals surface area (Å²) in [6.45, 7) is 0. The highest BCUT2D eigenvalue weighted by Crippen LogP contribution is 2.33. The number of carbonyl (C=O) groups excluding carboxylic acids is 4. The molecule has 2 aromatic rings. The van der Waals surface area contributed by atoms with Crippen LogP contribution in [-0.4, -0.2) is 37.7 Å². The fourth-order valence-corrected chi connectivity index (χ4v) is 2.83. The molecule has 0 atom stereocenters. The lowest BCUT2D eigenvalue weighted by Crippen LogP contribution is -2.44. The number of hydrogen-bond donors (Lipinski definition) is 0. The van der Waals surface area contributed by atoms with Crippen molar-refractivity contribution in [3.63, 3.8) is 0 Å². The SMILES string of the molecule is COC(=O)C(CC(=O)c1ccccc1)(CC(=O)c1ccccc1)C(=O)OC. The minimum atomic E-state index is -2.05. The van der Waals surface area contributed by atoms with Crippen molar-refractivity contribution in [1.29, 1.82) is 0 Å². The van der Waals surface area contributed by atoms with Crippen molar-refractivity contribution in [3.05, 3.63) is 71.8 Å². The van der Waals surface area contributed by atoms with E-state index in [-0.39, 0.29) is 0 Å². The molecule has 0 saturated heterocycles. The first-order valence-corrected chi connectivity index (χ1v) is 8.28. The zero-order valence-corrected chi connectivity index (χ0v) is 15.1. The van der Waals surface area contributed by atoms with E-state index in [1.54, 1.807) is 60.7 Å². The molecule has 27 heavy (non-hydrogen) atoms. The van der Waals surface area contributed by atoms with E-state index in [4.69, 9.17) is 9.47 Å². The predicted molar refractivity (Wildman–Crippen MR) is 97.2 cm³/mol. The molecule has 0 aliphatic rings. The average Bonchev–Trinajstić information content (AvgIpc) is 2.72.